The molecule has 0 aromatic heterocycles. The zero-order valence-electron chi connectivity index (χ0n) is 12.6. The summed E-state index contributed by atoms with van der Waals surface area (Å²) >= 11 is 0. The Kier molecular flexibility index (Phi) is 5.23. The van der Waals surface area contributed by atoms with Crippen molar-refractivity contribution < 1.29 is 14.1 Å². The molecule has 0 radical (unpaired) electrons. The van der Waals surface area contributed by atoms with Gasteiger partial charge in [-0.1, -0.05) is 13.8 Å². The molecule has 1 aromatic carbocycles. The van der Waals surface area contributed by atoms with Gasteiger partial charge in [0.05, 0.1) is 16.6 Å². The predicted molar refractivity (Wildman–Crippen MR) is 78.5 cm³/mol. The van der Waals surface area contributed by atoms with Crippen molar-refractivity contribution in [3.63, 3.8) is 0 Å². The smallest absolute Gasteiger partial charge is 0.295 e. The standard InChI is InChI=1S/C14H20FN3O3/c1-8(2)5-9(3)17(4)14(19)11-6-10(15)7-12(13(11)16)18(20)21/h6-9H,5,16H2,1-4H3. The minimum Gasteiger partial charge on any atom is -0.393 e. The Bertz CT molecular complexity index is 561. The first-order chi connectivity index (χ1) is 9.65. The topological polar surface area (TPSA) is 89.5 Å². The molecule has 1 amide bonds. The minimum atomic E-state index is -0.857. The fourth-order valence-corrected chi connectivity index (χ4v) is 2.16. The van der Waals surface area contributed by atoms with E-state index in [0.717, 1.165) is 12.5 Å². The predicted octanol–water partition coefficient (Wildman–Crippen LogP) is 2.82. The minimum absolute atomic E-state index is 0.0841. The Labute approximate surface area is 122 Å². The molecule has 0 aliphatic carbocycles. The average molecular weight is 297 g/mol. The van der Waals surface area contributed by atoms with Gasteiger partial charge in [-0.25, -0.2) is 4.39 Å². The van der Waals surface area contributed by atoms with E-state index in [0.29, 0.717) is 12.0 Å². The van der Waals surface area contributed by atoms with Crippen molar-refractivity contribution in [3.05, 3.63) is 33.6 Å². The number of carbonyl (C=O) groups excluding carboxylic acids is 1. The van der Waals surface area contributed by atoms with Crippen molar-refractivity contribution in [1.29, 1.82) is 0 Å². The molecule has 116 valence electrons. The van der Waals surface area contributed by atoms with Crippen LogP contribution in [0.25, 0.3) is 0 Å². The van der Waals surface area contributed by atoms with Gasteiger partial charge in [-0.3, -0.25) is 14.9 Å². The fraction of sp³-hybridized carbons (Fsp3) is 0.500. The molecule has 1 unspecified atom stereocenters. The summed E-state index contributed by atoms with van der Waals surface area (Å²) in [7, 11) is 1.57. The SMILES string of the molecule is CC(C)CC(C)N(C)C(=O)c1cc(F)cc([N+](=O)[O-])c1N. The van der Waals surface area contributed by atoms with E-state index >= 15 is 0 Å². The van der Waals surface area contributed by atoms with Crippen LogP contribution >= 0.6 is 0 Å². The second-order valence-electron chi connectivity index (χ2n) is 5.54. The number of nitrogens with zero attached hydrogens (tertiary/aromatic N) is 2. The van der Waals surface area contributed by atoms with Crippen molar-refractivity contribution in [1.82, 2.24) is 4.90 Å². The molecule has 1 rings (SSSR count). The Balaban J connectivity index is 3.15. The summed E-state index contributed by atoms with van der Waals surface area (Å²) in [5, 5.41) is 10.8. The van der Waals surface area contributed by atoms with Crippen LogP contribution in [-0.4, -0.2) is 28.8 Å². The van der Waals surface area contributed by atoms with E-state index < -0.39 is 22.3 Å². The molecule has 0 heterocycles. The molecule has 6 nitrogen and oxygen atoms in total. The summed E-state index contributed by atoms with van der Waals surface area (Å²) in [6.07, 6.45) is 0.763. The highest BCUT2D eigenvalue weighted by molar-refractivity contribution is 6.01. The zero-order valence-corrected chi connectivity index (χ0v) is 12.6. The molecule has 0 bridgehead atoms. The number of anilines is 1. The van der Waals surface area contributed by atoms with Crippen molar-refractivity contribution >= 4 is 17.3 Å². The van der Waals surface area contributed by atoms with E-state index in [1.807, 2.05) is 20.8 Å². The maximum atomic E-state index is 13.5. The summed E-state index contributed by atoms with van der Waals surface area (Å²) in [6.45, 7) is 5.91. The highest BCUT2D eigenvalue weighted by Gasteiger charge is 2.25. The van der Waals surface area contributed by atoms with Gasteiger partial charge in [-0.2, -0.15) is 0 Å². The van der Waals surface area contributed by atoms with Gasteiger partial charge in [-0.05, 0) is 25.3 Å². The van der Waals surface area contributed by atoms with Crippen LogP contribution in [-0.2, 0) is 0 Å². The lowest BCUT2D eigenvalue weighted by atomic mass is 10.0. The molecule has 0 spiro atoms. The van der Waals surface area contributed by atoms with Crippen LogP contribution in [0, 0.1) is 21.8 Å². The summed E-state index contributed by atoms with van der Waals surface area (Å²) in [6, 6.07) is 1.56. The first-order valence-electron chi connectivity index (χ1n) is 6.65. The van der Waals surface area contributed by atoms with E-state index in [1.165, 1.54) is 4.90 Å². The van der Waals surface area contributed by atoms with Crippen molar-refractivity contribution in [2.24, 2.45) is 5.92 Å². The van der Waals surface area contributed by atoms with Crippen LogP contribution in [0.4, 0.5) is 15.8 Å². The summed E-state index contributed by atoms with van der Waals surface area (Å²) in [5.74, 6) is -0.998. The number of hydrogen-bond acceptors (Lipinski definition) is 4. The Hall–Kier alpha value is -2.18. The summed E-state index contributed by atoms with van der Waals surface area (Å²) in [4.78, 5) is 23.8. The van der Waals surface area contributed by atoms with Crippen LogP contribution in [0.5, 0.6) is 0 Å². The largest absolute Gasteiger partial charge is 0.393 e. The van der Waals surface area contributed by atoms with Gasteiger partial charge >= 0.3 is 0 Å². The molecule has 21 heavy (non-hydrogen) atoms. The van der Waals surface area contributed by atoms with Gasteiger partial charge in [0.1, 0.15) is 11.5 Å². The molecule has 0 fully saturated rings. The number of rotatable bonds is 5. The Morgan fingerprint density at radius 3 is 2.48 bits per heavy atom. The normalized spacial score (nSPS) is 12.3. The van der Waals surface area contributed by atoms with Gasteiger partial charge in [0.2, 0.25) is 0 Å². The molecule has 0 aliphatic heterocycles. The number of nitro groups is 1. The number of carbonyl (C=O) groups is 1. The van der Waals surface area contributed by atoms with Gasteiger partial charge in [0.25, 0.3) is 11.6 Å². The summed E-state index contributed by atoms with van der Waals surface area (Å²) < 4.78 is 13.5. The lowest BCUT2D eigenvalue weighted by molar-refractivity contribution is -0.384. The van der Waals surface area contributed by atoms with Crippen LogP contribution < -0.4 is 5.73 Å². The van der Waals surface area contributed by atoms with Gasteiger partial charge in [0, 0.05) is 13.1 Å². The third kappa shape index (κ3) is 3.90. The quantitative estimate of drug-likeness (QED) is 0.514. The lowest BCUT2D eigenvalue weighted by Gasteiger charge is -2.26. The molecule has 2 N–H and O–H groups in total. The number of benzene rings is 1. The van der Waals surface area contributed by atoms with Gasteiger partial charge in [-0.15, -0.1) is 0 Å². The van der Waals surface area contributed by atoms with Crippen molar-refractivity contribution in [2.45, 2.75) is 33.2 Å². The summed E-state index contributed by atoms with van der Waals surface area (Å²) in [5.41, 5.74) is 4.55. The maximum absolute atomic E-state index is 13.5. The lowest BCUT2D eigenvalue weighted by Crippen LogP contribution is -2.36. The van der Waals surface area contributed by atoms with Crippen LogP contribution in [0.2, 0.25) is 0 Å². The molecular weight excluding hydrogens is 277 g/mol. The third-order valence-corrected chi connectivity index (χ3v) is 3.34. The first-order valence-corrected chi connectivity index (χ1v) is 6.65. The number of nitro benzene ring substituents is 1. The van der Waals surface area contributed by atoms with Crippen LogP contribution in [0.15, 0.2) is 12.1 Å². The zero-order chi connectivity index (χ0) is 16.3. The number of amides is 1. The molecule has 1 aromatic rings. The molecule has 0 saturated heterocycles. The van der Waals surface area contributed by atoms with E-state index in [2.05, 4.69) is 0 Å². The van der Waals surface area contributed by atoms with E-state index in [-0.39, 0.29) is 17.3 Å². The maximum Gasteiger partial charge on any atom is 0.295 e. The van der Waals surface area contributed by atoms with E-state index in [1.54, 1.807) is 7.05 Å². The highest BCUT2D eigenvalue weighted by atomic mass is 19.1. The highest BCUT2D eigenvalue weighted by Crippen LogP contribution is 2.28. The molecule has 7 heteroatoms. The van der Waals surface area contributed by atoms with Crippen LogP contribution in [0.3, 0.4) is 0 Å². The van der Waals surface area contributed by atoms with Crippen LogP contribution in [0.1, 0.15) is 37.6 Å². The van der Waals surface area contributed by atoms with Crippen molar-refractivity contribution in [2.75, 3.05) is 12.8 Å². The molecule has 1 atom stereocenters. The molecular formula is C14H20FN3O3. The number of halogens is 1. The van der Waals surface area contributed by atoms with Gasteiger partial charge < -0.3 is 10.6 Å². The Morgan fingerprint density at radius 1 is 1.43 bits per heavy atom. The van der Waals surface area contributed by atoms with Gasteiger partial charge in [0.15, 0.2) is 0 Å². The van der Waals surface area contributed by atoms with Crippen molar-refractivity contribution in [3.8, 4) is 0 Å². The fourth-order valence-electron chi connectivity index (χ4n) is 2.16. The number of hydrogen-bond donors (Lipinski definition) is 1. The Morgan fingerprint density at radius 2 is 2.00 bits per heavy atom. The molecule has 0 saturated carbocycles. The number of nitrogens with two attached hydrogens (primary N) is 1. The number of nitrogen functional groups attached to an aromatic ring is 1. The third-order valence-electron chi connectivity index (χ3n) is 3.34. The average Bonchev–Trinajstić information content (AvgIpc) is 2.38. The first kappa shape index (κ1) is 16.9. The van der Waals surface area contributed by atoms with E-state index in [4.69, 9.17) is 5.73 Å². The van der Waals surface area contributed by atoms with E-state index in [9.17, 15) is 19.3 Å². The second-order valence-corrected chi connectivity index (χ2v) is 5.54. The second kappa shape index (κ2) is 6.51. The monoisotopic (exact) mass is 297 g/mol. The molecule has 0 aliphatic rings.